The molecule has 5 saturated carbocycles. The van der Waals surface area contributed by atoms with Crippen LogP contribution >= 0.6 is 0 Å². The number of hydrogen-bond donors (Lipinski definition) is 0. The lowest BCUT2D eigenvalue weighted by atomic mass is 9.84. The molecule has 6 bridgehead atoms. The molecule has 76 valence electrons. The molecule has 0 N–H and O–H groups in total. The van der Waals surface area contributed by atoms with E-state index in [1.807, 2.05) is 0 Å². The second kappa shape index (κ2) is 1.81. The van der Waals surface area contributed by atoms with Crippen molar-refractivity contribution in [3.63, 3.8) is 0 Å². The van der Waals surface area contributed by atoms with E-state index in [-0.39, 0.29) is 0 Å². The molecule has 0 amide bonds. The van der Waals surface area contributed by atoms with Crippen LogP contribution in [0.2, 0.25) is 0 Å². The molecule has 5 aliphatic carbocycles. The van der Waals surface area contributed by atoms with Crippen LogP contribution < -0.4 is 0 Å². The number of unbranched alkanes of at least 4 members (excludes halogenated alkanes) is 1. The van der Waals surface area contributed by atoms with Gasteiger partial charge in [0.05, 0.1) is 11.7 Å². The molecule has 1 nitrogen and oxygen atoms in total. The maximum atomic E-state index is 6.13. The van der Waals surface area contributed by atoms with Crippen molar-refractivity contribution >= 4 is 0 Å². The van der Waals surface area contributed by atoms with E-state index < -0.39 is 0 Å². The van der Waals surface area contributed by atoms with Gasteiger partial charge in [-0.15, -0.1) is 0 Å². The number of epoxide rings is 1. The molecule has 0 aromatic heterocycles. The first kappa shape index (κ1) is 7.27. The lowest BCUT2D eigenvalue weighted by Gasteiger charge is -2.20. The summed E-state index contributed by atoms with van der Waals surface area (Å²) in [5.41, 5.74) is 0.456. The molecule has 6 aliphatic rings. The summed E-state index contributed by atoms with van der Waals surface area (Å²) in [5.74, 6) is 6.72. The Morgan fingerprint density at radius 1 is 1.21 bits per heavy atom. The van der Waals surface area contributed by atoms with Crippen molar-refractivity contribution < 1.29 is 4.74 Å². The highest BCUT2D eigenvalue weighted by Crippen LogP contribution is 2.88. The summed E-state index contributed by atoms with van der Waals surface area (Å²) in [5, 5.41) is 0. The van der Waals surface area contributed by atoms with Crippen LogP contribution in [-0.4, -0.2) is 11.7 Å². The van der Waals surface area contributed by atoms with Gasteiger partial charge in [0.2, 0.25) is 0 Å². The molecule has 14 heavy (non-hydrogen) atoms. The van der Waals surface area contributed by atoms with E-state index in [0.29, 0.717) is 5.60 Å². The summed E-state index contributed by atoms with van der Waals surface area (Å²) in [6.45, 7) is 2.31. The quantitative estimate of drug-likeness (QED) is 0.623. The summed E-state index contributed by atoms with van der Waals surface area (Å²) < 4.78 is 6.13. The summed E-state index contributed by atoms with van der Waals surface area (Å²) in [6.07, 6.45) is 6.48. The van der Waals surface area contributed by atoms with E-state index in [9.17, 15) is 0 Å². The highest BCUT2D eigenvalue weighted by Gasteiger charge is 2.90. The predicted molar refractivity (Wildman–Crippen MR) is 52.7 cm³/mol. The van der Waals surface area contributed by atoms with Crippen molar-refractivity contribution in [2.75, 3.05) is 0 Å². The maximum absolute atomic E-state index is 6.13. The van der Waals surface area contributed by atoms with Crippen LogP contribution in [-0.2, 0) is 4.74 Å². The molecule has 1 heteroatoms. The largest absolute Gasteiger partial charge is 0.365 e. The zero-order valence-corrected chi connectivity index (χ0v) is 8.78. The van der Waals surface area contributed by atoms with Crippen LogP contribution in [0.15, 0.2) is 0 Å². The molecular formula is C13H18O. The van der Waals surface area contributed by atoms with Crippen molar-refractivity contribution in [3.05, 3.63) is 0 Å². The molecule has 8 atom stereocenters. The third kappa shape index (κ3) is 0.493. The Bertz CT molecular complexity index is 325. The van der Waals surface area contributed by atoms with Crippen molar-refractivity contribution in [2.45, 2.75) is 44.3 Å². The van der Waals surface area contributed by atoms with Gasteiger partial charge in [0.15, 0.2) is 0 Å². The van der Waals surface area contributed by atoms with Gasteiger partial charge < -0.3 is 4.74 Å². The highest BCUT2D eigenvalue weighted by molar-refractivity contribution is 5.37. The minimum absolute atomic E-state index is 0.456. The van der Waals surface area contributed by atoms with Crippen molar-refractivity contribution in [2.24, 2.45) is 35.5 Å². The maximum Gasteiger partial charge on any atom is 0.0985 e. The van der Waals surface area contributed by atoms with E-state index in [2.05, 4.69) is 6.92 Å². The molecule has 6 rings (SSSR count). The van der Waals surface area contributed by atoms with Crippen molar-refractivity contribution in [3.8, 4) is 0 Å². The summed E-state index contributed by atoms with van der Waals surface area (Å²) in [4.78, 5) is 0. The van der Waals surface area contributed by atoms with E-state index in [4.69, 9.17) is 4.74 Å². The highest BCUT2D eigenvalue weighted by atomic mass is 16.6. The van der Waals surface area contributed by atoms with Gasteiger partial charge in [0.25, 0.3) is 0 Å². The molecule has 0 spiro atoms. The normalized spacial score (nSPS) is 73.9. The first-order valence-electron chi connectivity index (χ1n) is 6.56. The van der Waals surface area contributed by atoms with Crippen molar-refractivity contribution in [1.29, 1.82) is 0 Å². The Balaban J connectivity index is 1.52. The SMILES string of the molecule is CCCCC12OC1C1C3CC4C1C4C32. The third-order valence-electron chi connectivity index (χ3n) is 6.26. The van der Waals surface area contributed by atoms with Crippen LogP contribution in [0.3, 0.4) is 0 Å². The van der Waals surface area contributed by atoms with E-state index in [1.165, 1.54) is 25.2 Å². The molecular weight excluding hydrogens is 172 g/mol. The second-order valence-corrected chi connectivity index (χ2v) is 6.42. The first-order valence-corrected chi connectivity index (χ1v) is 6.56. The van der Waals surface area contributed by atoms with Crippen molar-refractivity contribution in [1.82, 2.24) is 0 Å². The zero-order valence-electron chi connectivity index (χ0n) is 8.78. The minimum Gasteiger partial charge on any atom is -0.365 e. The monoisotopic (exact) mass is 190 g/mol. The minimum atomic E-state index is 0.456. The van der Waals surface area contributed by atoms with Gasteiger partial charge in [-0.3, -0.25) is 0 Å². The fraction of sp³-hybridized carbons (Fsp3) is 1.00. The first-order chi connectivity index (χ1) is 6.88. The molecule has 0 aromatic rings. The molecule has 1 heterocycles. The van der Waals surface area contributed by atoms with Crippen LogP contribution in [0, 0.1) is 35.5 Å². The topological polar surface area (TPSA) is 12.5 Å². The van der Waals surface area contributed by atoms with Gasteiger partial charge in [-0.25, -0.2) is 0 Å². The Kier molecular flexibility index (Phi) is 0.942. The van der Waals surface area contributed by atoms with E-state index >= 15 is 0 Å². The standard InChI is InChI=1S/C13H18O/c1-2-3-4-13-11-7-5-6-8(9(6)11)10(7)12(13)14-13/h6-12H,2-5H2,1H3. The number of hydrogen-bond acceptors (Lipinski definition) is 1. The summed E-state index contributed by atoms with van der Waals surface area (Å²) in [6, 6.07) is 0. The Morgan fingerprint density at radius 2 is 2.14 bits per heavy atom. The molecule has 1 aliphatic heterocycles. The Labute approximate surface area is 85.2 Å². The number of ether oxygens (including phenoxy) is 1. The molecule has 6 fully saturated rings. The van der Waals surface area contributed by atoms with Crippen LogP contribution in [0.25, 0.3) is 0 Å². The lowest BCUT2D eigenvalue weighted by molar-refractivity contribution is 0.139. The molecule has 8 unspecified atom stereocenters. The van der Waals surface area contributed by atoms with Gasteiger partial charge in [-0.1, -0.05) is 19.8 Å². The van der Waals surface area contributed by atoms with E-state index in [1.54, 1.807) is 6.42 Å². The molecule has 0 radical (unpaired) electrons. The van der Waals surface area contributed by atoms with Gasteiger partial charge in [-0.2, -0.15) is 0 Å². The zero-order chi connectivity index (χ0) is 9.08. The van der Waals surface area contributed by atoms with Crippen LogP contribution in [0.5, 0.6) is 0 Å². The van der Waals surface area contributed by atoms with Gasteiger partial charge in [-0.05, 0) is 48.3 Å². The van der Waals surface area contributed by atoms with E-state index in [0.717, 1.165) is 35.7 Å². The summed E-state index contributed by atoms with van der Waals surface area (Å²) >= 11 is 0. The average molecular weight is 190 g/mol. The van der Waals surface area contributed by atoms with Gasteiger partial charge in [0.1, 0.15) is 0 Å². The molecule has 1 saturated heterocycles. The van der Waals surface area contributed by atoms with Crippen LogP contribution in [0.4, 0.5) is 0 Å². The number of rotatable bonds is 3. The summed E-state index contributed by atoms with van der Waals surface area (Å²) in [7, 11) is 0. The smallest absolute Gasteiger partial charge is 0.0985 e. The Hall–Kier alpha value is -0.0400. The molecule has 0 aromatic carbocycles. The third-order valence-corrected chi connectivity index (χ3v) is 6.26. The van der Waals surface area contributed by atoms with Crippen LogP contribution in [0.1, 0.15) is 32.6 Å². The number of fused-ring (bicyclic) bond motifs is 1. The second-order valence-electron chi connectivity index (χ2n) is 6.42. The fourth-order valence-corrected chi connectivity index (χ4v) is 6.03. The Morgan fingerprint density at radius 3 is 2.86 bits per heavy atom. The fourth-order valence-electron chi connectivity index (χ4n) is 6.03. The van der Waals surface area contributed by atoms with Gasteiger partial charge in [0, 0.05) is 0 Å². The van der Waals surface area contributed by atoms with Gasteiger partial charge >= 0.3 is 0 Å². The predicted octanol–water partition coefficient (Wildman–Crippen LogP) is 2.46. The lowest BCUT2D eigenvalue weighted by Crippen LogP contribution is -2.26. The average Bonchev–Trinajstić information content (AvgIpc) is 2.90.